The molecule has 4 aromatic rings. The molecule has 0 atom stereocenters. The highest BCUT2D eigenvalue weighted by molar-refractivity contribution is 6.08. The molecule has 0 spiro atoms. The second kappa shape index (κ2) is 12.4. The second-order valence-corrected chi connectivity index (χ2v) is 10.4. The Morgan fingerprint density at radius 1 is 0.884 bits per heavy atom. The number of hydrogen-bond acceptors (Lipinski definition) is 9. The van der Waals surface area contributed by atoms with Crippen LogP contribution in [-0.4, -0.2) is 55.3 Å². The van der Waals surface area contributed by atoms with Gasteiger partial charge in [-0.05, 0) is 93.2 Å². The molecule has 11 heteroatoms. The van der Waals surface area contributed by atoms with E-state index in [2.05, 4.69) is 5.32 Å². The quantitative estimate of drug-likeness (QED) is 0.240. The summed E-state index contributed by atoms with van der Waals surface area (Å²) < 4.78 is 28.6. The minimum Gasteiger partial charge on any atom is -0.508 e. The number of rotatable bonds is 8. The highest BCUT2D eigenvalue weighted by atomic mass is 16.6. The van der Waals surface area contributed by atoms with Gasteiger partial charge in [-0.1, -0.05) is 0 Å². The van der Waals surface area contributed by atoms with E-state index in [1.165, 1.54) is 38.0 Å². The molecule has 11 nitrogen and oxygen atoms in total. The average molecular weight is 591 g/mol. The van der Waals surface area contributed by atoms with Gasteiger partial charge in [0.15, 0.2) is 11.5 Å². The number of methoxy groups -OCH3 is 3. The Balaban J connectivity index is 2.04. The van der Waals surface area contributed by atoms with Crippen LogP contribution in [0.25, 0.3) is 27.6 Å². The normalized spacial score (nSPS) is 11.1. The van der Waals surface area contributed by atoms with E-state index in [4.69, 9.17) is 23.7 Å². The van der Waals surface area contributed by atoms with Crippen molar-refractivity contribution in [2.45, 2.75) is 33.3 Å². The highest BCUT2D eigenvalue weighted by Crippen LogP contribution is 2.44. The number of fused-ring (bicyclic) bond motifs is 1. The molecule has 0 unspecified atom stereocenters. The number of nitrogens with one attached hydrogen (secondary N) is 1. The van der Waals surface area contributed by atoms with Crippen LogP contribution in [0.5, 0.6) is 23.0 Å². The van der Waals surface area contributed by atoms with Gasteiger partial charge in [-0.15, -0.1) is 0 Å². The summed E-state index contributed by atoms with van der Waals surface area (Å²) in [7, 11) is 4.41. The van der Waals surface area contributed by atoms with E-state index in [1.807, 2.05) is 0 Å². The number of amides is 1. The number of pyridine rings is 1. The lowest BCUT2D eigenvalue weighted by atomic mass is 9.95. The Labute approximate surface area is 248 Å². The first-order valence-corrected chi connectivity index (χ1v) is 13.4. The third-order valence-corrected chi connectivity index (χ3v) is 6.36. The van der Waals surface area contributed by atoms with Gasteiger partial charge in [-0.3, -0.25) is 14.7 Å². The van der Waals surface area contributed by atoms with Crippen LogP contribution in [0.2, 0.25) is 0 Å². The molecule has 226 valence electrons. The molecule has 0 bridgehead atoms. The van der Waals surface area contributed by atoms with E-state index in [0.717, 1.165) is 0 Å². The fourth-order valence-corrected chi connectivity index (χ4v) is 4.66. The molecule has 0 saturated carbocycles. The maximum absolute atomic E-state index is 14.0. The van der Waals surface area contributed by atoms with Gasteiger partial charge in [0.25, 0.3) is 5.56 Å². The summed E-state index contributed by atoms with van der Waals surface area (Å²) in [6.07, 6.45) is -0.643. The van der Waals surface area contributed by atoms with Crippen molar-refractivity contribution in [3.05, 3.63) is 70.6 Å². The highest BCUT2D eigenvalue weighted by Gasteiger charge is 2.27. The zero-order chi connectivity index (χ0) is 31.5. The molecule has 0 aliphatic carbocycles. The van der Waals surface area contributed by atoms with E-state index < -0.39 is 23.2 Å². The van der Waals surface area contributed by atoms with Crippen molar-refractivity contribution < 1.29 is 38.4 Å². The lowest BCUT2D eigenvalue weighted by molar-refractivity contribution is 0.0516. The van der Waals surface area contributed by atoms with E-state index in [-0.39, 0.29) is 23.4 Å². The summed E-state index contributed by atoms with van der Waals surface area (Å²) >= 11 is 0. The molecule has 1 heterocycles. The van der Waals surface area contributed by atoms with Gasteiger partial charge in [0, 0.05) is 16.9 Å². The number of nitrogens with zero attached hydrogens (tertiary/aromatic N) is 1. The van der Waals surface area contributed by atoms with Gasteiger partial charge < -0.3 is 28.8 Å². The number of aromatic hydroxyl groups is 1. The zero-order valence-electron chi connectivity index (χ0n) is 25.1. The number of phenolic OH excluding ortho intramolecular Hbond substituents is 1. The van der Waals surface area contributed by atoms with Gasteiger partial charge in [0.1, 0.15) is 17.0 Å². The van der Waals surface area contributed by atoms with E-state index in [0.29, 0.717) is 45.1 Å². The third-order valence-electron chi connectivity index (χ3n) is 6.36. The molecular weight excluding hydrogens is 556 g/mol. The van der Waals surface area contributed by atoms with Crippen LogP contribution in [-0.2, 0) is 9.47 Å². The number of aromatic nitrogens is 1. The molecule has 0 aliphatic heterocycles. The van der Waals surface area contributed by atoms with Crippen molar-refractivity contribution >= 4 is 28.5 Å². The molecule has 4 rings (SSSR count). The first kappa shape index (κ1) is 30.8. The summed E-state index contributed by atoms with van der Waals surface area (Å²) in [4.78, 5) is 40.0. The number of ether oxygens (including phenoxy) is 5. The van der Waals surface area contributed by atoms with Crippen LogP contribution < -0.4 is 25.1 Å². The van der Waals surface area contributed by atoms with Gasteiger partial charge in [-0.25, -0.2) is 9.59 Å². The number of esters is 1. The van der Waals surface area contributed by atoms with Crippen LogP contribution in [0.4, 0.5) is 10.5 Å². The van der Waals surface area contributed by atoms with Crippen molar-refractivity contribution in [2.75, 3.05) is 33.3 Å². The van der Waals surface area contributed by atoms with Crippen LogP contribution in [0.3, 0.4) is 0 Å². The number of hydrogen-bond donors (Lipinski definition) is 2. The topological polar surface area (TPSA) is 135 Å². The molecular formula is C32H34N2O9. The van der Waals surface area contributed by atoms with Crippen molar-refractivity contribution in [1.29, 1.82) is 0 Å². The summed E-state index contributed by atoms with van der Waals surface area (Å²) in [6.45, 7) is 6.97. The van der Waals surface area contributed by atoms with Crippen molar-refractivity contribution in [3.8, 4) is 39.8 Å². The van der Waals surface area contributed by atoms with E-state index in [1.54, 1.807) is 70.2 Å². The monoisotopic (exact) mass is 590 g/mol. The Morgan fingerprint density at radius 3 is 2.05 bits per heavy atom. The minimum atomic E-state index is -0.755. The second-order valence-electron chi connectivity index (χ2n) is 10.4. The van der Waals surface area contributed by atoms with E-state index in [9.17, 15) is 19.5 Å². The first-order chi connectivity index (χ1) is 20.4. The summed E-state index contributed by atoms with van der Waals surface area (Å²) in [5, 5.41) is 13.5. The van der Waals surface area contributed by atoms with E-state index >= 15 is 0 Å². The lowest BCUT2D eigenvalue weighted by Crippen LogP contribution is -2.28. The SMILES string of the molecule is CCOC(=O)c1c(-c2cc(OC)c(OC)c(OC)c2)c2ccc(O)cc2c(=O)n1-c1ccc(NC(=O)OC(C)(C)C)cc1. The molecule has 0 radical (unpaired) electrons. The first-order valence-electron chi connectivity index (χ1n) is 13.4. The van der Waals surface area contributed by atoms with Gasteiger partial charge >= 0.3 is 12.1 Å². The lowest BCUT2D eigenvalue weighted by Gasteiger charge is -2.21. The Hall–Kier alpha value is -5.19. The maximum atomic E-state index is 14.0. The van der Waals surface area contributed by atoms with Crippen LogP contribution in [0.15, 0.2) is 59.4 Å². The number of benzene rings is 3. The van der Waals surface area contributed by atoms with Crippen molar-refractivity contribution in [3.63, 3.8) is 0 Å². The number of phenols is 1. The number of anilines is 1. The molecule has 2 N–H and O–H groups in total. The predicted molar refractivity (Wildman–Crippen MR) is 162 cm³/mol. The maximum Gasteiger partial charge on any atom is 0.412 e. The van der Waals surface area contributed by atoms with Gasteiger partial charge in [0.05, 0.1) is 33.3 Å². The van der Waals surface area contributed by atoms with Crippen molar-refractivity contribution in [2.24, 2.45) is 0 Å². The molecule has 43 heavy (non-hydrogen) atoms. The Morgan fingerprint density at radius 2 is 1.51 bits per heavy atom. The summed E-state index contributed by atoms with van der Waals surface area (Å²) in [5.41, 5.74) is 0.193. The summed E-state index contributed by atoms with van der Waals surface area (Å²) in [5.74, 6) is 0.111. The van der Waals surface area contributed by atoms with Gasteiger partial charge in [0.2, 0.25) is 5.75 Å². The molecule has 0 fully saturated rings. The van der Waals surface area contributed by atoms with Crippen LogP contribution >= 0.6 is 0 Å². The Kier molecular flexibility index (Phi) is 8.84. The minimum absolute atomic E-state index is 0.0497. The largest absolute Gasteiger partial charge is 0.508 e. The van der Waals surface area contributed by atoms with Crippen LogP contribution in [0, 0.1) is 0 Å². The third kappa shape index (κ3) is 6.35. The van der Waals surface area contributed by atoms with Gasteiger partial charge in [-0.2, -0.15) is 0 Å². The zero-order valence-corrected chi connectivity index (χ0v) is 25.1. The molecule has 0 saturated heterocycles. The standard InChI is InChI=1S/C32H34N2O9/c1-8-42-30(37)27-26(18-15-24(39-5)28(41-7)25(16-18)40-6)22-14-13-21(35)17-23(22)29(36)34(27)20-11-9-19(10-12-20)33-31(38)43-32(2,3)4/h9-17,35H,8H2,1-7H3,(H,33,38). The predicted octanol–water partition coefficient (Wildman–Crippen LogP) is 5.91. The van der Waals surface area contributed by atoms with Crippen LogP contribution in [0.1, 0.15) is 38.2 Å². The fourth-order valence-electron chi connectivity index (χ4n) is 4.66. The molecule has 1 aromatic heterocycles. The molecule has 0 aliphatic rings. The molecule has 1 amide bonds. The number of carbonyl (C=O) groups is 2. The molecule has 3 aromatic carbocycles. The smallest absolute Gasteiger partial charge is 0.412 e. The fraction of sp³-hybridized carbons (Fsp3) is 0.281. The number of carbonyl (C=O) groups excluding carboxylic acids is 2. The van der Waals surface area contributed by atoms with Crippen molar-refractivity contribution in [1.82, 2.24) is 4.57 Å². The summed E-state index contributed by atoms with van der Waals surface area (Å²) in [6, 6.07) is 13.9. The Bertz CT molecular complexity index is 1710. The average Bonchev–Trinajstić information content (AvgIpc) is 2.96.